The zero-order valence-corrected chi connectivity index (χ0v) is 22.7. The van der Waals surface area contributed by atoms with Gasteiger partial charge in [0.2, 0.25) is 5.82 Å². The van der Waals surface area contributed by atoms with E-state index in [0.29, 0.717) is 24.7 Å². The normalized spacial score (nSPS) is 31.6. The molecule has 0 amide bonds. The molecule has 0 spiro atoms. The lowest BCUT2D eigenvalue weighted by atomic mass is 9.68. The monoisotopic (exact) mass is 502 g/mol. The highest BCUT2D eigenvalue weighted by Crippen LogP contribution is 2.43. The molecular weight excluding hydrogens is 454 g/mol. The van der Waals surface area contributed by atoms with Gasteiger partial charge in [-0.25, -0.2) is 4.39 Å². The molecule has 2 unspecified atom stereocenters. The van der Waals surface area contributed by atoms with Crippen molar-refractivity contribution in [3.05, 3.63) is 41.5 Å². The third-order valence-electron chi connectivity index (χ3n) is 9.32. The van der Waals surface area contributed by atoms with Crippen LogP contribution in [0.4, 0.5) is 8.78 Å². The van der Waals surface area contributed by atoms with Crippen molar-refractivity contribution in [2.75, 3.05) is 13.2 Å². The Kier molecular flexibility index (Phi) is 10.7. The summed E-state index contributed by atoms with van der Waals surface area (Å²) in [5.41, 5.74) is 0.409. The van der Waals surface area contributed by atoms with E-state index in [1.165, 1.54) is 77.0 Å². The predicted octanol–water partition coefficient (Wildman–Crippen LogP) is 9.38. The SMILES string of the molecule is CCCCCC1CCC(C2CCC(/C=C/C3CCC(c4ccc(OCC)c(F)c4F)CO3)CC2)CC1. The number of unbranched alkanes of at least 4 members (excludes halogenated alkanes) is 2. The molecule has 4 heteroatoms. The van der Waals surface area contributed by atoms with E-state index in [4.69, 9.17) is 9.47 Å². The molecule has 202 valence electrons. The van der Waals surface area contributed by atoms with Crippen LogP contribution in [0.1, 0.15) is 115 Å². The van der Waals surface area contributed by atoms with Gasteiger partial charge in [0.05, 0.1) is 19.3 Å². The minimum absolute atomic E-state index is 0.0129. The fourth-order valence-electron chi connectivity index (χ4n) is 7.02. The van der Waals surface area contributed by atoms with Gasteiger partial charge in [-0.3, -0.25) is 0 Å². The molecule has 0 bridgehead atoms. The molecule has 4 rings (SSSR count). The highest BCUT2D eigenvalue weighted by Gasteiger charge is 2.31. The molecule has 2 nitrogen and oxygen atoms in total. The summed E-state index contributed by atoms with van der Waals surface area (Å²) < 4.78 is 40.1. The number of ether oxygens (including phenoxy) is 2. The van der Waals surface area contributed by atoms with Crippen LogP contribution in [0.15, 0.2) is 24.3 Å². The first-order valence-corrected chi connectivity index (χ1v) is 15.0. The first-order chi connectivity index (χ1) is 17.6. The van der Waals surface area contributed by atoms with E-state index in [2.05, 4.69) is 19.1 Å². The molecular formula is C32H48F2O2. The Bertz CT molecular complexity index is 814. The van der Waals surface area contributed by atoms with Gasteiger partial charge in [0, 0.05) is 5.92 Å². The van der Waals surface area contributed by atoms with Gasteiger partial charge >= 0.3 is 0 Å². The summed E-state index contributed by atoms with van der Waals surface area (Å²) >= 11 is 0. The molecule has 1 saturated heterocycles. The van der Waals surface area contributed by atoms with Crippen LogP contribution in [0.25, 0.3) is 0 Å². The van der Waals surface area contributed by atoms with Crippen molar-refractivity contribution in [1.82, 2.24) is 0 Å². The topological polar surface area (TPSA) is 18.5 Å². The maximum absolute atomic E-state index is 14.6. The molecule has 2 atom stereocenters. The molecule has 1 heterocycles. The van der Waals surface area contributed by atoms with Crippen LogP contribution in [0, 0.1) is 35.3 Å². The Morgan fingerprint density at radius 2 is 1.56 bits per heavy atom. The van der Waals surface area contributed by atoms with E-state index in [1.54, 1.807) is 19.1 Å². The molecule has 2 aliphatic carbocycles. The van der Waals surface area contributed by atoms with E-state index < -0.39 is 11.6 Å². The van der Waals surface area contributed by atoms with E-state index in [0.717, 1.165) is 30.6 Å². The Labute approximate surface area is 218 Å². The van der Waals surface area contributed by atoms with E-state index >= 15 is 0 Å². The van der Waals surface area contributed by atoms with Crippen molar-refractivity contribution in [3.8, 4) is 5.75 Å². The highest BCUT2D eigenvalue weighted by atomic mass is 19.2. The van der Waals surface area contributed by atoms with Crippen LogP contribution >= 0.6 is 0 Å². The van der Waals surface area contributed by atoms with Crippen molar-refractivity contribution in [2.24, 2.45) is 23.7 Å². The van der Waals surface area contributed by atoms with Gasteiger partial charge in [-0.15, -0.1) is 0 Å². The van der Waals surface area contributed by atoms with Gasteiger partial charge in [-0.2, -0.15) is 4.39 Å². The second-order valence-electron chi connectivity index (χ2n) is 11.7. The van der Waals surface area contributed by atoms with Gasteiger partial charge < -0.3 is 9.47 Å². The molecule has 1 aromatic rings. The summed E-state index contributed by atoms with van der Waals surface area (Å²) in [6.07, 6.45) is 23.3. The molecule has 0 N–H and O–H groups in total. The second kappa shape index (κ2) is 13.9. The standard InChI is InChI=1S/C32H48F2O2/c1-3-5-6-7-23-8-13-25(14-9-23)26-15-10-24(11-16-26)12-18-28-19-17-27(22-36-28)29-20-21-30(35-4-2)32(34)31(29)33/h12,18,20-21,23-28H,3-11,13-17,19,22H2,1-2H3/b18-12+. The molecule has 36 heavy (non-hydrogen) atoms. The number of allylic oxidation sites excluding steroid dienone is 1. The van der Waals surface area contributed by atoms with Crippen LogP contribution in [-0.2, 0) is 4.74 Å². The van der Waals surface area contributed by atoms with E-state index in [-0.39, 0.29) is 17.8 Å². The summed E-state index contributed by atoms with van der Waals surface area (Å²) in [7, 11) is 0. The number of hydrogen-bond donors (Lipinski definition) is 0. The highest BCUT2D eigenvalue weighted by molar-refractivity contribution is 5.33. The summed E-state index contributed by atoms with van der Waals surface area (Å²) in [5, 5.41) is 0. The first-order valence-electron chi connectivity index (χ1n) is 15.0. The molecule has 1 aliphatic heterocycles. The molecule has 2 saturated carbocycles. The number of hydrogen-bond acceptors (Lipinski definition) is 2. The van der Waals surface area contributed by atoms with Gasteiger partial charge in [0.1, 0.15) is 0 Å². The van der Waals surface area contributed by atoms with E-state index in [1.807, 2.05) is 0 Å². The molecule has 1 aromatic carbocycles. The van der Waals surface area contributed by atoms with Gasteiger partial charge in [-0.05, 0) is 93.6 Å². The quantitative estimate of drug-likeness (QED) is 0.234. The molecule has 3 fully saturated rings. The summed E-state index contributed by atoms with van der Waals surface area (Å²) in [4.78, 5) is 0. The average molecular weight is 503 g/mol. The Morgan fingerprint density at radius 1 is 0.833 bits per heavy atom. The fourth-order valence-corrected chi connectivity index (χ4v) is 7.02. The molecule has 0 aromatic heterocycles. The third kappa shape index (κ3) is 7.33. The van der Waals surface area contributed by atoms with Crippen molar-refractivity contribution in [1.29, 1.82) is 0 Å². The predicted molar refractivity (Wildman–Crippen MR) is 143 cm³/mol. The molecule has 3 aliphatic rings. The average Bonchev–Trinajstić information content (AvgIpc) is 2.92. The summed E-state index contributed by atoms with van der Waals surface area (Å²) in [6, 6.07) is 3.20. The van der Waals surface area contributed by atoms with Gasteiger partial charge in [0.25, 0.3) is 0 Å². The summed E-state index contributed by atoms with van der Waals surface area (Å²) in [5.74, 6) is 1.82. The number of rotatable bonds is 10. The maximum Gasteiger partial charge on any atom is 0.200 e. The number of benzene rings is 1. The Hall–Kier alpha value is -1.42. The van der Waals surface area contributed by atoms with Crippen LogP contribution in [0.3, 0.4) is 0 Å². The van der Waals surface area contributed by atoms with Crippen molar-refractivity contribution in [3.63, 3.8) is 0 Å². The van der Waals surface area contributed by atoms with Crippen LogP contribution in [-0.4, -0.2) is 19.3 Å². The van der Waals surface area contributed by atoms with Crippen LogP contribution < -0.4 is 4.74 Å². The maximum atomic E-state index is 14.6. The van der Waals surface area contributed by atoms with Crippen LogP contribution in [0.5, 0.6) is 5.75 Å². The minimum atomic E-state index is -0.882. The van der Waals surface area contributed by atoms with Crippen molar-refractivity contribution < 1.29 is 18.3 Å². The van der Waals surface area contributed by atoms with Crippen LogP contribution in [0.2, 0.25) is 0 Å². The minimum Gasteiger partial charge on any atom is -0.491 e. The fraction of sp³-hybridized carbons (Fsp3) is 0.750. The summed E-state index contributed by atoms with van der Waals surface area (Å²) in [6.45, 7) is 4.82. The smallest absolute Gasteiger partial charge is 0.200 e. The van der Waals surface area contributed by atoms with E-state index in [9.17, 15) is 8.78 Å². The Balaban J connectivity index is 1.16. The van der Waals surface area contributed by atoms with Gasteiger partial charge in [-0.1, -0.05) is 63.7 Å². The lowest BCUT2D eigenvalue weighted by Crippen LogP contribution is -2.26. The first kappa shape index (κ1) is 27.6. The van der Waals surface area contributed by atoms with Crippen molar-refractivity contribution >= 4 is 0 Å². The van der Waals surface area contributed by atoms with Gasteiger partial charge in [0.15, 0.2) is 11.6 Å². The number of halogens is 2. The lowest BCUT2D eigenvalue weighted by Gasteiger charge is -2.37. The zero-order chi connectivity index (χ0) is 25.3. The third-order valence-corrected chi connectivity index (χ3v) is 9.32. The molecule has 0 radical (unpaired) electrons. The Morgan fingerprint density at radius 3 is 2.19 bits per heavy atom. The lowest BCUT2D eigenvalue weighted by molar-refractivity contribution is 0.0313. The largest absolute Gasteiger partial charge is 0.491 e. The van der Waals surface area contributed by atoms with Crippen molar-refractivity contribution in [2.45, 2.75) is 116 Å². The second-order valence-corrected chi connectivity index (χ2v) is 11.7. The zero-order valence-electron chi connectivity index (χ0n) is 22.7.